The van der Waals surface area contributed by atoms with Gasteiger partial charge < -0.3 is 18.6 Å². The molecule has 1 aliphatic heterocycles. The number of hydrogen-bond acceptors (Lipinski definition) is 6. The number of carbonyl (C=O) groups excluding carboxylic acids is 1. The highest BCUT2D eigenvalue weighted by Gasteiger charge is 2.23. The van der Waals surface area contributed by atoms with Crippen molar-refractivity contribution in [1.82, 2.24) is 15.0 Å². The Morgan fingerprint density at radius 1 is 1.33 bits per heavy atom. The number of aryl methyl sites for hydroxylation is 2. The Morgan fingerprint density at radius 3 is 2.75 bits per heavy atom. The summed E-state index contributed by atoms with van der Waals surface area (Å²) in [6.07, 6.45) is 1.58. The molecule has 24 heavy (non-hydrogen) atoms. The molecule has 0 unspecified atom stereocenters. The fourth-order valence-electron chi connectivity index (χ4n) is 2.86. The summed E-state index contributed by atoms with van der Waals surface area (Å²) in [4.78, 5) is 16.7. The second-order valence-corrected chi connectivity index (χ2v) is 6.13. The van der Waals surface area contributed by atoms with Crippen molar-refractivity contribution in [3.05, 3.63) is 40.7 Å². The van der Waals surface area contributed by atoms with E-state index in [1.54, 1.807) is 18.2 Å². The van der Waals surface area contributed by atoms with Crippen LogP contribution in [0.4, 0.5) is 0 Å². The monoisotopic (exact) mass is 333 g/mol. The predicted molar refractivity (Wildman–Crippen MR) is 86.6 cm³/mol. The van der Waals surface area contributed by atoms with E-state index >= 15 is 0 Å². The highest BCUT2D eigenvalue weighted by molar-refractivity contribution is 5.92. The van der Waals surface area contributed by atoms with Gasteiger partial charge in [0.2, 0.25) is 0 Å². The van der Waals surface area contributed by atoms with Crippen LogP contribution in [0.15, 0.2) is 21.3 Å². The van der Waals surface area contributed by atoms with Gasteiger partial charge in [-0.2, -0.15) is 0 Å². The zero-order valence-corrected chi connectivity index (χ0v) is 14.4. The van der Waals surface area contributed by atoms with Gasteiger partial charge in [0.1, 0.15) is 5.76 Å². The van der Waals surface area contributed by atoms with E-state index in [9.17, 15) is 4.79 Å². The van der Waals surface area contributed by atoms with Crippen LogP contribution in [0.25, 0.3) is 0 Å². The van der Waals surface area contributed by atoms with Crippen LogP contribution in [0.2, 0.25) is 0 Å². The summed E-state index contributed by atoms with van der Waals surface area (Å²) in [7, 11) is 1.76. The first-order valence-electron chi connectivity index (χ1n) is 8.10. The third-order valence-corrected chi connectivity index (χ3v) is 4.36. The highest BCUT2D eigenvalue weighted by Crippen LogP contribution is 2.19. The van der Waals surface area contributed by atoms with Gasteiger partial charge in [-0.25, -0.2) is 0 Å². The summed E-state index contributed by atoms with van der Waals surface area (Å²) >= 11 is 0. The van der Waals surface area contributed by atoms with E-state index in [4.69, 9.17) is 13.7 Å². The molecule has 0 saturated carbocycles. The molecule has 0 aliphatic carbocycles. The molecule has 1 saturated heterocycles. The maximum Gasteiger partial charge on any atom is 0.289 e. The van der Waals surface area contributed by atoms with Crippen LogP contribution < -0.4 is 0 Å². The van der Waals surface area contributed by atoms with Gasteiger partial charge in [-0.05, 0) is 19.9 Å². The fourth-order valence-corrected chi connectivity index (χ4v) is 2.86. The predicted octanol–water partition coefficient (Wildman–Crippen LogP) is 1.99. The maximum atomic E-state index is 12.8. The molecule has 0 bridgehead atoms. The zero-order valence-electron chi connectivity index (χ0n) is 14.4. The Balaban J connectivity index is 1.69. The standard InChI is InChI=1S/C17H23N3O4/c1-12-15(13(2)24-18-12)11-19(3)17(21)16-14(4-7-23-16)10-20-5-8-22-9-6-20/h4,7H,5-6,8-11H2,1-3H3. The van der Waals surface area contributed by atoms with Gasteiger partial charge >= 0.3 is 0 Å². The van der Waals surface area contributed by atoms with Crippen LogP contribution in [0, 0.1) is 13.8 Å². The van der Waals surface area contributed by atoms with Gasteiger partial charge in [0.25, 0.3) is 5.91 Å². The molecule has 0 aromatic carbocycles. The maximum absolute atomic E-state index is 12.8. The van der Waals surface area contributed by atoms with E-state index in [0.29, 0.717) is 18.8 Å². The molecule has 3 heterocycles. The summed E-state index contributed by atoms with van der Waals surface area (Å²) in [6.45, 7) is 8.06. The van der Waals surface area contributed by atoms with Gasteiger partial charge in [-0.3, -0.25) is 9.69 Å². The van der Waals surface area contributed by atoms with Crippen LogP contribution in [0.3, 0.4) is 0 Å². The Hall–Kier alpha value is -2.12. The fraction of sp³-hybridized carbons (Fsp3) is 0.529. The SMILES string of the molecule is Cc1noc(C)c1CN(C)C(=O)c1occc1CN1CCOCC1. The first kappa shape index (κ1) is 16.7. The quantitative estimate of drug-likeness (QED) is 0.833. The van der Waals surface area contributed by atoms with E-state index in [1.165, 1.54) is 0 Å². The second-order valence-electron chi connectivity index (χ2n) is 6.13. The summed E-state index contributed by atoms with van der Waals surface area (Å²) < 4.78 is 16.0. The minimum Gasteiger partial charge on any atom is -0.459 e. The zero-order chi connectivity index (χ0) is 17.1. The molecule has 2 aromatic rings. The van der Waals surface area contributed by atoms with Crippen molar-refractivity contribution >= 4 is 5.91 Å². The summed E-state index contributed by atoms with van der Waals surface area (Å²) in [5, 5.41) is 3.93. The normalized spacial score (nSPS) is 15.6. The highest BCUT2D eigenvalue weighted by atomic mass is 16.5. The summed E-state index contributed by atoms with van der Waals surface area (Å²) in [6, 6.07) is 1.87. The first-order chi connectivity index (χ1) is 11.6. The topological polar surface area (TPSA) is 72.0 Å². The van der Waals surface area contributed by atoms with Crippen LogP contribution >= 0.6 is 0 Å². The molecular weight excluding hydrogens is 310 g/mol. The lowest BCUT2D eigenvalue weighted by atomic mass is 10.1. The third kappa shape index (κ3) is 3.52. The van der Waals surface area contributed by atoms with Gasteiger partial charge in [0, 0.05) is 37.8 Å². The average Bonchev–Trinajstić information content (AvgIpc) is 3.16. The lowest BCUT2D eigenvalue weighted by molar-refractivity contribution is 0.0338. The van der Waals surface area contributed by atoms with Gasteiger partial charge in [-0.15, -0.1) is 0 Å². The largest absolute Gasteiger partial charge is 0.459 e. The number of ether oxygens (including phenoxy) is 1. The molecule has 1 amide bonds. The van der Waals surface area contributed by atoms with Gasteiger partial charge in [-0.1, -0.05) is 5.16 Å². The smallest absolute Gasteiger partial charge is 0.289 e. The number of rotatable bonds is 5. The molecular formula is C17H23N3O4. The second kappa shape index (κ2) is 7.19. The molecule has 7 heteroatoms. The summed E-state index contributed by atoms with van der Waals surface area (Å²) in [5.41, 5.74) is 2.65. The lowest BCUT2D eigenvalue weighted by Crippen LogP contribution is -2.36. The Bertz CT molecular complexity index is 681. The number of carbonyl (C=O) groups is 1. The average molecular weight is 333 g/mol. The van der Waals surface area contributed by atoms with Crippen molar-refractivity contribution in [3.8, 4) is 0 Å². The van der Waals surface area contributed by atoms with Crippen molar-refractivity contribution in [3.63, 3.8) is 0 Å². The minimum absolute atomic E-state index is 0.136. The number of aromatic nitrogens is 1. The van der Waals surface area contributed by atoms with E-state index in [-0.39, 0.29) is 5.91 Å². The molecule has 0 N–H and O–H groups in total. The van der Waals surface area contributed by atoms with Crippen molar-refractivity contribution in [2.24, 2.45) is 0 Å². The van der Waals surface area contributed by atoms with Crippen molar-refractivity contribution in [2.45, 2.75) is 26.9 Å². The van der Waals surface area contributed by atoms with Gasteiger partial charge in [0.05, 0.1) is 31.7 Å². The van der Waals surface area contributed by atoms with Crippen molar-refractivity contribution < 1.29 is 18.5 Å². The molecule has 0 spiro atoms. The van der Waals surface area contributed by atoms with Crippen LogP contribution in [-0.2, 0) is 17.8 Å². The molecule has 3 rings (SSSR count). The molecule has 0 atom stereocenters. The molecule has 7 nitrogen and oxygen atoms in total. The van der Waals surface area contributed by atoms with Crippen molar-refractivity contribution in [1.29, 1.82) is 0 Å². The lowest BCUT2D eigenvalue weighted by Gasteiger charge is -2.26. The molecule has 1 aliphatic rings. The Morgan fingerprint density at radius 2 is 2.08 bits per heavy atom. The Kier molecular flexibility index (Phi) is 5.01. The first-order valence-corrected chi connectivity index (χ1v) is 8.10. The van der Waals surface area contributed by atoms with E-state index in [0.717, 1.165) is 48.9 Å². The van der Waals surface area contributed by atoms with Crippen molar-refractivity contribution in [2.75, 3.05) is 33.4 Å². The van der Waals surface area contributed by atoms with E-state index < -0.39 is 0 Å². The number of hydrogen-bond donors (Lipinski definition) is 0. The molecule has 0 radical (unpaired) electrons. The minimum atomic E-state index is -0.136. The van der Waals surface area contributed by atoms with Gasteiger partial charge in [0.15, 0.2) is 5.76 Å². The van der Waals surface area contributed by atoms with E-state index in [1.807, 2.05) is 19.9 Å². The van der Waals surface area contributed by atoms with Crippen LogP contribution in [0.1, 0.15) is 33.1 Å². The molecule has 1 fully saturated rings. The summed E-state index contributed by atoms with van der Waals surface area (Å²) in [5.74, 6) is 0.999. The number of morpholine rings is 1. The number of furan rings is 1. The van der Waals surface area contributed by atoms with Crippen LogP contribution in [-0.4, -0.2) is 54.2 Å². The third-order valence-electron chi connectivity index (χ3n) is 4.36. The molecule has 2 aromatic heterocycles. The number of nitrogens with zero attached hydrogens (tertiary/aromatic N) is 3. The number of amides is 1. The Labute approximate surface area is 141 Å². The van der Waals surface area contributed by atoms with E-state index in [2.05, 4.69) is 10.1 Å². The molecule has 130 valence electrons. The van der Waals surface area contributed by atoms with Crippen LogP contribution in [0.5, 0.6) is 0 Å².